The van der Waals surface area contributed by atoms with E-state index in [0.717, 1.165) is 26.4 Å². The van der Waals surface area contributed by atoms with E-state index in [9.17, 15) is 0 Å². The van der Waals surface area contributed by atoms with Crippen LogP contribution in [0.1, 0.15) is 25.7 Å². The summed E-state index contributed by atoms with van der Waals surface area (Å²) in [5, 5.41) is 0. The topological polar surface area (TPSA) is 18.5 Å². The molecule has 0 N–H and O–H groups in total. The molecule has 0 spiro atoms. The Morgan fingerprint density at radius 1 is 0.600 bits per heavy atom. The molecule has 2 fully saturated rings. The van der Waals surface area contributed by atoms with Crippen molar-refractivity contribution in [3.8, 4) is 0 Å². The third-order valence-electron chi connectivity index (χ3n) is 1.65. The molecule has 0 aromatic rings. The number of hydrogen-bond acceptors (Lipinski definition) is 2. The van der Waals surface area contributed by atoms with E-state index in [4.69, 9.17) is 46.2 Å². The van der Waals surface area contributed by atoms with Gasteiger partial charge in [0.05, 0.1) is 0 Å². The van der Waals surface area contributed by atoms with Crippen LogP contribution < -0.4 is 0 Å². The van der Waals surface area contributed by atoms with Crippen molar-refractivity contribution in [2.24, 2.45) is 0 Å². The Morgan fingerprint density at radius 2 is 0.800 bits per heavy atom. The van der Waals surface area contributed by atoms with Gasteiger partial charge in [0.1, 0.15) is 0 Å². The maximum atomic E-state index is 5.03. The molecule has 93 valence electrons. The Balaban J connectivity index is 0.000000196. The zero-order chi connectivity index (χ0) is 11.6. The zero-order valence-corrected chi connectivity index (χ0v) is 13.7. The third kappa shape index (κ3) is 21.6. The van der Waals surface area contributed by atoms with E-state index in [2.05, 4.69) is 0 Å². The van der Waals surface area contributed by atoms with Gasteiger partial charge in [-0.05, 0) is 25.7 Å². The number of ether oxygens (including phenoxy) is 2. The van der Waals surface area contributed by atoms with Crippen molar-refractivity contribution in [3.05, 3.63) is 0 Å². The molecule has 2 heterocycles. The summed E-state index contributed by atoms with van der Waals surface area (Å²) >= 11 is -3.21. The van der Waals surface area contributed by atoms with Crippen LogP contribution in [0.4, 0.5) is 0 Å². The van der Waals surface area contributed by atoms with Crippen molar-refractivity contribution in [2.75, 3.05) is 26.4 Å². The predicted molar refractivity (Wildman–Crippen MR) is 63.5 cm³/mol. The van der Waals surface area contributed by atoms with Crippen molar-refractivity contribution in [3.63, 3.8) is 0 Å². The average Bonchev–Trinajstić information content (AvgIpc) is 2.81. The monoisotopic (exact) mass is 377 g/mol. The zero-order valence-electron chi connectivity index (χ0n) is 8.43. The van der Waals surface area contributed by atoms with Crippen LogP contribution in [-0.2, 0) is 22.3 Å². The van der Waals surface area contributed by atoms with Crippen molar-refractivity contribution in [1.82, 2.24) is 0 Å². The van der Waals surface area contributed by atoms with E-state index in [1.165, 1.54) is 25.7 Å². The van der Waals surface area contributed by atoms with Gasteiger partial charge in [0, 0.05) is 26.4 Å². The summed E-state index contributed by atoms with van der Waals surface area (Å²) in [5.74, 6) is 0. The quantitative estimate of drug-likeness (QED) is 0.583. The SMILES string of the molecule is C1CCOC1.C1CCOC1.[Cl][Nb]([Cl])([Cl])[Cl]. The van der Waals surface area contributed by atoms with Crippen LogP contribution >= 0.6 is 36.8 Å². The normalized spacial score (nSPS) is 20.0. The summed E-state index contributed by atoms with van der Waals surface area (Å²) in [7, 11) is 20.1. The summed E-state index contributed by atoms with van der Waals surface area (Å²) in [6, 6.07) is 0. The molecule has 7 heteroatoms. The van der Waals surface area contributed by atoms with Crippen LogP contribution in [0, 0.1) is 0 Å². The first-order valence-corrected chi connectivity index (χ1v) is 16.2. The molecule has 0 saturated carbocycles. The molecular weight excluding hydrogens is 363 g/mol. The van der Waals surface area contributed by atoms with Gasteiger partial charge < -0.3 is 9.47 Å². The third-order valence-corrected chi connectivity index (χ3v) is 1.65. The summed E-state index contributed by atoms with van der Waals surface area (Å²) in [6.45, 7) is 4.00. The van der Waals surface area contributed by atoms with E-state index in [1.54, 1.807) is 0 Å². The second-order valence-electron chi connectivity index (χ2n) is 3.02. The first kappa shape index (κ1) is 16.8. The van der Waals surface area contributed by atoms with Gasteiger partial charge in [-0.3, -0.25) is 0 Å². The molecule has 0 aliphatic carbocycles. The van der Waals surface area contributed by atoms with Crippen LogP contribution in [0.25, 0.3) is 0 Å². The molecule has 2 saturated heterocycles. The van der Waals surface area contributed by atoms with Gasteiger partial charge in [0.2, 0.25) is 0 Å². The average molecular weight is 379 g/mol. The predicted octanol–water partition coefficient (Wildman–Crippen LogP) is 4.35. The molecule has 2 rings (SSSR count). The molecule has 2 nitrogen and oxygen atoms in total. The molecular formula is C8H16Cl4NbO2. The fraction of sp³-hybridized carbons (Fsp3) is 1.00. The van der Waals surface area contributed by atoms with Crippen molar-refractivity contribution in [2.45, 2.75) is 25.7 Å². The van der Waals surface area contributed by atoms with Gasteiger partial charge in [-0.15, -0.1) is 0 Å². The van der Waals surface area contributed by atoms with Crippen LogP contribution in [0.15, 0.2) is 0 Å². The van der Waals surface area contributed by atoms with E-state index >= 15 is 0 Å². The van der Waals surface area contributed by atoms with Crippen LogP contribution in [0.2, 0.25) is 0 Å². The molecule has 0 amide bonds. The first-order valence-electron chi connectivity index (χ1n) is 4.83. The molecule has 0 unspecified atom stereocenters. The van der Waals surface area contributed by atoms with Crippen molar-refractivity contribution >= 4 is 36.8 Å². The number of halogens is 4. The summed E-state index contributed by atoms with van der Waals surface area (Å²) in [5.41, 5.74) is 0. The van der Waals surface area contributed by atoms with E-state index < -0.39 is 12.8 Å². The summed E-state index contributed by atoms with van der Waals surface area (Å²) < 4.78 is 9.89. The van der Waals surface area contributed by atoms with Gasteiger partial charge in [0.25, 0.3) is 0 Å². The van der Waals surface area contributed by atoms with Crippen LogP contribution in [0.3, 0.4) is 0 Å². The molecule has 0 aromatic heterocycles. The van der Waals surface area contributed by atoms with Crippen LogP contribution in [-0.4, -0.2) is 26.4 Å². The number of hydrogen-bond donors (Lipinski definition) is 0. The van der Waals surface area contributed by atoms with Crippen molar-refractivity contribution < 1.29 is 22.3 Å². The van der Waals surface area contributed by atoms with Crippen LogP contribution in [0.5, 0.6) is 0 Å². The Bertz CT molecular complexity index is 104. The second kappa shape index (κ2) is 10.9. The minimum atomic E-state index is -3.21. The molecule has 2 aliphatic rings. The van der Waals surface area contributed by atoms with Gasteiger partial charge in [0.15, 0.2) is 0 Å². The molecule has 0 radical (unpaired) electrons. The molecule has 15 heavy (non-hydrogen) atoms. The summed E-state index contributed by atoms with van der Waals surface area (Å²) in [6.07, 6.45) is 5.11. The number of rotatable bonds is 0. The summed E-state index contributed by atoms with van der Waals surface area (Å²) in [4.78, 5) is 0. The van der Waals surface area contributed by atoms with Crippen molar-refractivity contribution in [1.29, 1.82) is 0 Å². The van der Waals surface area contributed by atoms with Gasteiger partial charge in [-0.1, -0.05) is 0 Å². The first-order chi connectivity index (χ1) is 7.00. The fourth-order valence-electron chi connectivity index (χ4n) is 1.02. The van der Waals surface area contributed by atoms with Gasteiger partial charge >= 0.3 is 49.6 Å². The Kier molecular flexibility index (Phi) is 12.3. The van der Waals surface area contributed by atoms with E-state index in [0.29, 0.717) is 0 Å². The Hall–Kier alpha value is 1.82. The second-order valence-corrected chi connectivity index (χ2v) is 23.0. The molecule has 0 atom stereocenters. The standard InChI is InChI=1S/2C4H8O.4ClH.Nb/c2*1-2-4-5-3-1;;;;;/h2*1-4H2;4*1H;/q;;;;;;+4/p-4. The van der Waals surface area contributed by atoms with E-state index in [1.807, 2.05) is 0 Å². The fourth-order valence-corrected chi connectivity index (χ4v) is 1.02. The van der Waals surface area contributed by atoms with Gasteiger partial charge in [-0.2, -0.15) is 0 Å². The minimum absolute atomic E-state index is 1.00. The molecule has 2 aliphatic heterocycles. The maximum absolute atomic E-state index is 5.03. The van der Waals surface area contributed by atoms with E-state index in [-0.39, 0.29) is 0 Å². The Labute approximate surface area is 110 Å². The van der Waals surface area contributed by atoms with Gasteiger partial charge in [-0.25, -0.2) is 0 Å². The molecule has 0 aromatic carbocycles. The Morgan fingerprint density at radius 3 is 0.867 bits per heavy atom. The molecule has 0 bridgehead atoms.